The van der Waals surface area contributed by atoms with Crippen LogP contribution in [0.3, 0.4) is 0 Å². The third-order valence-corrected chi connectivity index (χ3v) is 4.97. The highest BCUT2D eigenvalue weighted by Crippen LogP contribution is 2.39. The van der Waals surface area contributed by atoms with E-state index in [0.717, 1.165) is 43.1 Å². The van der Waals surface area contributed by atoms with Gasteiger partial charge < -0.3 is 15.7 Å². The molecule has 0 heterocycles. The van der Waals surface area contributed by atoms with Gasteiger partial charge in [0.05, 0.1) is 12.3 Å². The summed E-state index contributed by atoms with van der Waals surface area (Å²) in [6.45, 7) is 2.80. The summed E-state index contributed by atoms with van der Waals surface area (Å²) in [4.78, 5) is 5.39. The van der Waals surface area contributed by atoms with E-state index in [-0.39, 0.29) is 6.61 Å². The number of hydrogen-bond acceptors (Lipinski definition) is 4. The van der Waals surface area contributed by atoms with Crippen LogP contribution in [-0.4, -0.2) is 29.6 Å². The molecule has 0 spiro atoms. The van der Waals surface area contributed by atoms with Crippen LogP contribution in [0.4, 0.5) is 0 Å². The molecule has 1 aromatic carbocycles. The van der Waals surface area contributed by atoms with E-state index in [0.29, 0.717) is 5.92 Å². The highest BCUT2D eigenvalue weighted by molar-refractivity contribution is 5.98. The summed E-state index contributed by atoms with van der Waals surface area (Å²) >= 11 is 0. The van der Waals surface area contributed by atoms with Crippen molar-refractivity contribution >= 4 is 5.71 Å². The van der Waals surface area contributed by atoms with Gasteiger partial charge in [-0.15, -0.1) is 0 Å². The van der Waals surface area contributed by atoms with Crippen LogP contribution in [0.5, 0.6) is 0 Å². The van der Waals surface area contributed by atoms with Crippen LogP contribution in [-0.2, 0) is 4.84 Å². The second-order valence-electron chi connectivity index (χ2n) is 7.00. The third-order valence-electron chi connectivity index (χ3n) is 4.97. The van der Waals surface area contributed by atoms with Crippen molar-refractivity contribution in [1.29, 1.82) is 0 Å². The zero-order valence-electron chi connectivity index (χ0n) is 13.3. The molecule has 0 aromatic heterocycles. The highest BCUT2D eigenvalue weighted by Gasteiger charge is 2.35. The van der Waals surface area contributed by atoms with Gasteiger partial charge in [0.2, 0.25) is 0 Å². The summed E-state index contributed by atoms with van der Waals surface area (Å²) in [6.07, 6.45) is 5.36. The molecule has 0 bridgehead atoms. The van der Waals surface area contributed by atoms with Crippen LogP contribution in [0.15, 0.2) is 29.4 Å². The number of rotatable bonds is 6. The molecule has 2 atom stereocenters. The molecule has 0 saturated heterocycles. The average Bonchev–Trinajstić information content (AvgIpc) is 3.28. The van der Waals surface area contributed by atoms with Gasteiger partial charge in [0.25, 0.3) is 0 Å². The fourth-order valence-corrected chi connectivity index (χ4v) is 3.16. The van der Waals surface area contributed by atoms with E-state index in [2.05, 4.69) is 29.4 Å². The number of aliphatic hydroxyl groups is 1. The third kappa shape index (κ3) is 3.68. The van der Waals surface area contributed by atoms with E-state index in [1.165, 1.54) is 18.4 Å². The maximum absolute atomic E-state index is 9.38. The Kier molecular flexibility index (Phi) is 4.50. The Bertz CT molecular complexity index is 537. The Labute approximate surface area is 132 Å². The molecule has 2 aliphatic rings. The predicted molar refractivity (Wildman–Crippen MR) is 87.9 cm³/mol. The van der Waals surface area contributed by atoms with Crippen LogP contribution in [0.2, 0.25) is 0 Å². The molecule has 2 saturated carbocycles. The van der Waals surface area contributed by atoms with E-state index in [9.17, 15) is 5.11 Å². The fourth-order valence-electron chi connectivity index (χ4n) is 3.16. The van der Waals surface area contributed by atoms with Gasteiger partial charge in [0.1, 0.15) is 6.61 Å². The van der Waals surface area contributed by atoms with Crippen LogP contribution >= 0.6 is 0 Å². The number of nitrogens with zero attached hydrogens (tertiary/aromatic N) is 1. The van der Waals surface area contributed by atoms with Gasteiger partial charge >= 0.3 is 0 Å². The summed E-state index contributed by atoms with van der Waals surface area (Å²) in [7, 11) is 0. The molecular weight excluding hydrogens is 276 g/mol. The molecule has 1 aromatic rings. The van der Waals surface area contributed by atoms with Gasteiger partial charge in [0.15, 0.2) is 0 Å². The standard InChI is InChI=1S/C18H26N2O2/c1-13(20-22-11-14-2-3-14)15-4-6-16(7-5-15)17-8-9-18(19,10-17)12-21/h4-7,14,17,21H,2-3,8-12,19H2,1H3/t17-,18-/m1/s1. The number of nitrogens with two attached hydrogens (primary N) is 1. The Hall–Kier alpha value is -1.39. The number of hydrogen-bond donors (Lipinski definition) is 2. The van der Waals surface area contributed by atoms with Crippen LogP contribution in [0.1, 0.15) is 56.1 Å². The van der Waals surface area contributed by atoms with E-state index < -0.39 is 5.54 Å². The molecule has 4 nitrogen and oxygen atoms in total. The smallest absolute Gasteiger partial charge is 0.120 e. The Morgan fingerprint density at radius 1 is 1.32 bits per heavy atom. The minimum absolute atomic E-state index is 0.0751. The highest BCUT2D eigenvalue weighted by atomic mass is 16.6. The lowest BCUT2D eigenvalue weighted by atomic mass is 9.93. The Morgan fingerprint density at radius 2 is 2.05 bits per heavy atom. The van der Waals surface area contributed by atoms with Crippen LogP contribution in [0, 0.1) is 5.92 Å². The predicted octanol–water partition coefficient (Wildman–Crippen LogP) is 2.79. The van der Waals surface area contributed by atoms with Crippen molar-refractivity contribution in [2.24, 2.45) is 16.8 Å². The minimum Gasteiger partial charge on any atom is -0.395 e. The second-order valence-corrected chi connectivity index (χ2v) is 7.00. The number of benzene rings is 1. The van der Waals surface area contributed by atoms with Gasteiger partial charge in [0, 0.05) is 5.54 Å². The van der Waals surface area contributed by atoms with Crippen molar-refractivity contribution in [3.05, 3.63) is 35.4 Å². The molecule has 3 rings (SSSR count). The minimum atomic E-state index is -0.392. The molecule has 120 valence electrons. The summed E-state index contributed by atoms with van der Waals surface area (Å²) in [5.41, 5.74) is 9.09. The lowest BCUT2D eigenvalue weighted by Crippen LogP contribution is -2.40. The van der Waals surface area contributed by atoms with E-state index in [4.69, 9.17) is 10.6 Å². The van der Waals surface area contributed by atoms with Crippen molar-refractivity contribution in [3.63, 3.8) is 0 Å². The molecule has 2 fully saturated rings. The van der Waals surface area contributed by atoms with Crippen LogP contribution in [0.25, 0.3) is 0 Å². The first-order chi connectivity index (χ1) is 10.6. The molecule has 2 aliphatic carbocycles. The molecule has 0 aliphatic heterocycles. The van der Waals surface area contributed by atoms with Crippen molar-refractivity contribution in [2.75, 3.05) is 13.2 Å². The fraction of sp³-hybridized carbons (Fsp3) is 0.611. The summed E-state index contributed by atoms with van der Waals surface area (Å²) in [5, 5.41) is 13.6. The van der Waals surface area contributed by atoms with E-state index in [1.807, 2.05) is 6.92 Å². The molecule has 0 unspecified atom stereocenters. The molecule has 4 heteroatoms. The van der Waals surface area contributed by atoms with Crippen molar-refractivity contribution in [3.8, 4) is 0 Å². The van der Waals surface area contributed by atoms with Gasteiger partial charge in [-0.25, -0.2) is 0 Å². The Morgan fingerprint density at radius 3 is 2.64 bits per heavy atom. The zero-order chi connectivity index (χ0) is 15.6. The van der Waals surface area contributed by atoms with Gasteiger partial charge in [-0.3, -0.25) is 0 Å². The first-order valence-electron chi connectivity index (χ1n) is 8.26. The molecular formula is C18H26N2O2. The zero-order valence-corrected chi connectivity index (χ0v) is 13.3. The van der Waals surface area contributed by atoms with Crippen molar-refractivity contribution in [2.45, 2.75) is 50.5 Å². The number of aliphatic hydroxyl groups excluding tert-OH is 1. The summed E-state index contributed by atoms with van der Waals surface area (Å²) < 4.78 is 0. The van der Waals surface area contributed by atoms with Gasteiger partial charge in [-0.2, -0.15) is 0 Å². The van der Waals surface area contributed by atoms with Crippen molar-refractivity contribution in [1.82, 2.24) is 0 Å². The maximum Gasteiger partial charge on any atom is 0.120 e. The molecule has 0 radical (unpaired) electrons. The maximum atomic E-state index is 9.38. The largest absolute Gasteiger partial charge is 0.395 e. The molecule has 0 amide bonds. The lowest BCUT2D eigenvalue weighted by Gasteiger charge is -2.20. The normalized spacial score (nSPS) is 28.9. The Balaban J connectivity index is 1.60. The quantitative estimate of drug-likeness (QED) is 0.627. The van der Waals surface area contributed by atoms with Gasteiger partial charge in [-0.05, 0) is 62.0 Å². The van der Waals surface area contributed by atoms with E-state index in [1.54, 1.807) is 0 Å². The molecule has 3 N–H and O–H groups in total. The first-order valence-corrected chi connectivity index (χ1v) is 8.26. The lowest BCUT2D eigenvalue weighted by molar-refractivity contribution is 0.134. The summed E-state index contributed by atoms with van der Waals surface area (Å²) in [6, 6.07) is 8.51. The SMILES string of the molecule is CC(=NOCC1CC1)c1ccc([C@@H]2CC[C@](N)(CO)C2)cc1. The average molecular weight is 302 g/mol. The molecule has 22 heavy (non-hydrogen) atoms. The second kappa shape index (κ2) is 6.39. The summed E-state index contributed by atoms with van der Waals surface area (Å²) in [5.74, 6) is 1.18. The van der Waals surface area contributed by atoms with Crippen LogP contribution < -0.4 is 5.73 Å². The van der Waals surface area contributed by atoms with Gasteiger partial charge in [-0.1, -0.05) is 29.4 Å². The van der Waals surface area contributed by atoms with Crippen molar-refractivity contribution < 1.29 is 9.94 Å². The number of oxime groups is 1. The first kappa shape index (κ1) is 15.5. The topological polar surface area (TPSA) is 67.8 Å². The monoisotopic (exact) mass is 302 g/mol. The van der Waals surface area contributed by atoms with E-state index >= 15 is 0 Å².